The molecular weight excluding hydrogens is 270 g/mol. The fourth-order valence-electron chi connectivity index (χ4n) is 2.02. The van der Waals surface area contributed by atoms with Crippen molar-refractivity contribution in [2.75, 3.05) is 0 Å². The van der Waals surface area contributed by atoms with Crippen molar-refractivity contribution in [2.45, 2.75) is 12.5 Å². The number of hydrogen-bond acceptors (Lipinski definition) is 4. The fraction of sp³-hybridized carbons (Fsp3) is 0.125. The maximum Gasteiger partial charge on any atom is 0.348 e. The van der Waals surface area contributed by atoms with Crippen molar-refractivity contribution in [3.63, 3.8) is 0 Å². The Balaban J connectivity index is 1.69. The van der Waals surface area contributed by atoms with Gasteiger partial charge in [0.05, 0.1) is 5.71 Å². The molecule has 0 aliphatic carbocycles. The largest absolute Gasteiger partial charge is 0.478 e. The van der Waals surface area contributed by atoms with Gasteiger partial charge in [-0.15, -0.1) is 0 Å². The summed E-state index contributed by atoms with van der Waals surface area (Å²) < 4.78 is 5.69. The Kier molecular flexibility index (Phi) is 3.55. The van der Waals surface area contributed by atoms with Crippen molar-refractivity contribution >= 4 is 11.7 Å². The molecule has 2 aromatic rings. The topological polar surface area (TPSA) is 68.1 Å². The molecule has 5 nitrogen and oxygen atoms in total. The van der Waals surface area contributed by atoms with E-state index in [0.29, 0.717) is 11.5 Å². The van der Waals surface area contributed by atoms with Gasteiger partial charge in [-0.25, -0.2) is 4.79 Å². The standard InChI is InChI=1S/C16H13NO4/c18-16(19)15-10-14(17-21-15)11-6-8-13(9-7-11)20-12-4-2-1-3-5-12/h1-9,15H,10H2,(H,18,19). The summed E-state index contributed by atoms with van der Waals surface area (Å²) in [5.74, 6) is 0.467. The molecule has 1 aliphatic rings. The van der Waals surface area contributed by atoms with Crippen molar-refractivity contribution in [2.24, 2.45) is 5.16 Å². The molecule has 0 amide bonds. The number of carbonyl (C=O) groups is 1. The second-order valence-corrected chi connectivity index (χ2v) is 4.61. The number of carboxylic acid groups (broad SMARTS) is 1. The molecule has 1 heterocycles. The molecule has 0 saturated carbocycles. The van der Waals surface area contributed by atoms with Crippen LogP contribution in [-0.4, -0.2) is 22.9 Å². The second-order valence-electron chi connectivity index (χ2n) is 4.61. The van der Waals surface area contributed by atoms with Crippen LogP contribution in [0.2, 0.25) is 0 Å². The molecular formula is C16H13NO4. The lowest BCUT2D eigenvalue weighted by molar-refractivity contribution is -0.148. The highest BCUT2D eigenvalue weighted by atomic mass is 16.7. The minimum atomic E-state index is -1.00. The van der Waals surface area contributed by atoms with E-state index in [1.807, 2.05) is 54.6 Å². The summed E-state index contributed by atoms with van der Waals surface area (Å²) in [6.07, 6.45) is -0.617. The van der Waals surface area contributed by atoms with E-state index in [-0.39, 0.29) is 6.42 Å². The summed E-state index contributed by atoms with van der Waals surface area (Å²) in [6, 6.07) is 16.8. The van der Waals surface area contributed by atoms with Crippen molar-refractivity contribution in [1.82, 2.24) is 0 Å². The van der Waals surface area contributed by atoms with E-state index in [4.69, 9.17) is 14.7 Å². The lowest BCUT2D eigenvalue weighted by atomic mass is 10.1. The van der Waals surface area contributed by atoms with Crippen LogP contribution in [0.4, 0.5) is 0 Å². The summed E-state index contributed by atoms with van der Waals surface area (Å²) in [7, 11) is 0. The Morgan fingerprint density at radius 2 is 1.76 bits per heavy atom. The first-order chi connectivity index (χ1) is 10.2. The molecule has 1 aliphatic heterocycles. The molecule has 0 radical (unpaired) electrons. The number of oxime groups is 1. The van der Waals surface area contributed by atoms with Gasteiger partial charge in [0, 0.05) is 6.42 Å². The van der Waals surface area contributed by atoms with Crippen LogP contribution in [0.5, 0.6) is 11.5 Å². The third-order valence-electron chi connectivity index (χ3n) is 3.11. The summed E-state index contributed by atoms with van der Waals surface area (Å²) in [4.78, 5) is 15.7. The molecule has 21 heavy (non-hydrogen) atoms. The average molecular weight is 283 g/mol. The van der Waals surface area contributed by atoms with E-state index < -0.39 is 12.1 Å². The molecule has 1 atom stereocenters. The van der Waals surface area contributed by atoms with Gasteiger partial charge in [0.15, 0.2) is 0 Å². The van der Waals surface area contributed by atoms with Crippen LogP contribution in [0.15, 0.2) is 59.8 Å². The molecule has 2 aromatic carbocycles. The SMILES string of the molecule is O=C(O)C1CC(c2ccc(Oc3ccccc3)cc2)=NO1. The molecule has 0 spiro atoms. The Labute approximate surface area is 121 Å². The zero-order valence-electron chi connectivity index (χ0n) is 11.1. The minimum Gasteiger partial charge on any atom is -0.478 e. The van der Waals surface area contributed by atoms with Gasteiger partial charge in [-0.05, 0) is 42.0 Å². The normalized spacial score (nSPS) is 17.0. The Morgan fingerprint density at radius 1 is 1.10 bits per heavy atom. The van der Waals surface area contributed by atoms with E-state index in [0.717, 1.165) is 11.3 Å². The van der Waals surface area contributed by atoms with Gasteiger partial charge < -0.3 is 14.7 Å². The number of hydrogen-bond donors (Lipinski definition) is 1. The van der Waals surface area contributed by atoms with Gasteiger partial charge >= 0.3 is 5.97 Å². The monoisotopic (exact) mass is 283 g/mol. The van der Waals surface area contributed by atoms with Crippen LogP contribution in [0.3, 0.4) is 0 Å². The first-order valence-electron chi connectivity index (χ1n) is 6.51. The second kappa shape index (κ2) is 5.66. The van der Waals surface area contributed by atoms with Crippen molar-refractivity contribution in [3.05, 3.63) is 60.2 Å². The molecule has 0 aromatic heterocycles. The van der Waals surface area contributed by atoms with Gasteiger partial charge in [0.25, 0.3) is 0 Å². The van der Waals surface area contributed by atoms with Crippen LogP contribution in [0.1, 0.15) is 12.0 Å². The van der Waals surface area contributed by atoms with Crippen LogP contribution < -0.4 is 4.74 Å². The number of rotatable bonds is 4. The fourth-order valence-corrected chi connectivity index (χ4v) is 2.02. The van der Waals surface area contributed by atoms with E-state index in [1.165, 1.54) is 0 Å². The van der Waals surface area contributed by atoms with Crippen molar-refractivity contribution < 1.29 is 19.5 Å². The predicted octanol–water partition coefficient (Wildman–Crippen LogP) is 3.06. The smallest absolute Gasteiger partial charge is 0.348 e. The van der Waals surface area contributed by atoms with E-state index in [9.17, 15) is 4.79 Å². The molecule has 106 valence electrons. The van der Waals surface area contributed by atoms with E-state index in [2.05, 4.69) is 5.16 Å². The first-order valence-corrected chi connectivity index (χ1v) is 6.51. The zero-order chi connectivity index (χ0) is 14.7. The predicted molar refractivity (Wildman–Crippen MR) is 76.6 cm³/mol. The lowest BCUT2D eigenvalue weighted by Gasteiger charge is -2.06. The quantitative estimate of drug-likeness (QED) is 0.936. The van der Waals surface area contributed by atoms with Gasteiger partial charge in [-0.2, -0.15) is 0 Å². The zero-order valence-corrected chi connectivity index (χ0v) is 11.1. The summed E-state index contributed by atoms with van der Waals surface area (Å²) >= 11 is 0. The van der Waals surface area contributed by atoms with Crippen LogP contribution in [0.25, 0.3) is 0 Å². The van der Waals surface area contributed by atoms with Gasteiger partial charge in [-0.1, -0.05) is 23.4 Å². The molecule has 0 fully saturated rings. The van der Waals surface area contributed by atoms with Crippen LogP contribution >= 0.6 is 0 Å². The summed E-state index contributed by atoms with van der Waals surface area (Å²) in [5.41, 5.74) is 1.47. The summed E-state index contributed by atoms with van der Waals surface area (Å²) in [6.45, 7) is 0. The summed E-state index contributed by atoms with van der Waals surface area (Å²) in [5, 5.41) is 12.7. The first kappa shape index (κ1) is 13.2. The van der Waals surface area contributed by atoms with Gasteiger partial charge in [0.1, 0.15) is 11.5 Å². The van der Waals surface area contributed by atoms with Crippen LogP contribution in [0, 0.1) is 0 Å². The lowest BCUT2D eigenvalue weighted by Crippen LogP contribution is -2.19. The van der Waals surface area contributed by atoms with Crippen molar-refractivity contribution in [1.29, 1.82) is 0 Å². The third kappa shape index (κ3) is 3.02. The van der Waals surface area contributed by atoms with Crippen LogP contribution in [-0.2, 0) is 9.63 Å². The molecule has 3 rings (SSSR count). The van der Waals surface area contributed by atoms with E-state index in [1.54, 1.807) is 0 Å². The number of para-hydroxylation sites is 1. The molecule has 0 saturated heterocycles. The molecule has 5 heteroatoms. The maximum absolute atomic E-state index is 10.8. The maximum atomic E-state index is 10.8. The highest BCUT2D eigenvalue weighted by Crippen LogP contribution is 2.23. The van der Waals surface area contributed by atoms with Gasteiger partial charge in [0.2, 0.25) is 6.10 Å². The number of ether oxygens (including phenoxy) is 1. The number of benzene rings is 2. The number of carboxylic acids is 1. The van der Waals surface area contributed by atoms with Crippen molar-refractivity contribution in [3.8, 4) is 11.5 Å². The Bertz CT molecular complexity index is 664. The minimum absolute atomic E-state index is 0.272. The average Bonchev–Trinajstić information content (AvgIpc) is 2.99. The number of aliphatic carboxylic acids is 1. The highest BCUT2D eigenvalue weighted by molar-refractivity contribution is 6.03. The Morgan fingerprint density at radius 3 is 2.38 bits per heavy atom. The molecule has 0 bridgehead atoms. The highest BCUT2D eigenvalue weighted by Gasteiger charge is 2.28. The van der Waals surface area contributed by atoms with E-state index >= 15 is 0 Å². The number of nitrogens with zero attached hydrogens (tertiary/aromatic N) is 1. The Hall–Kier alpha value is -2.82. The third-order valence-corrected chi connectivity index (χ3v) is 3.11. The van der Waals surface area contributed by atoms with Gasteiger partial charge in [-0.3, -0.25) is 0 Å². The molecule has 1 N–H and O–H groups in total. The molecule has 1 unspecified atom stereocenters.